The summed E-state index contributed by atoms with van der Waals surface area (Å²) in [6, 6.07) is 6.13. The van der Waals surface area contributed by atoms with Crippen LogP contribution >= 0.6 is 24.2 Å². The first-order chi connectivity index (χ1) is 10.7. The number of hydrogen-bond acceptors (Lipinski definition) is 4. The van der Waals surface area contributed by atoms with Crippen LogP contribution in [0, 0.1) is 6.92 Å². The molecule has 0 saturated carbocycles. The lowest BCUT2D eigenvalue weighted by atomic mass is 10.1. The molecule has 1 fully saturated rings. The van der Waals surface area contributed by atoms with Crippen LogP contribution in [0.1, 0.15) is 31.7 Å². The topological polar surface area (TPSA) is 50.4 Å². The number of nitrogens with one attached hydrogen (secondary N) is 2. The summed E-state index contributed by atoms with van der Waals surface area (Å²) in [6.07, 6.45) is 2.71. The maximum Gasteiger partial charge on any atom is 0.225 e. The molecule has 1 amide bonds. The Hall–Kier alpha value is -0.910. The van der Waals surface area contributed by atoms with Gasteiger partial charge in [0.05, 0.1) is 6.61 Å². The Morgan fingerprint density at radius 3 is 2.96 bits per heavy atom. The number of halogens is 1. The zero-order valence-electron chi connectivity index (χ0n) is 13.9. The molecule has 1 unspecified atom stereocenters. The molecule has 1 aliphatic rings. The highest BCUT2D eigenvalue weighted by Crippen LogP contribution is 2.22. The Kier molecular flexibility index (Phi) is 9.44. The van der Waals surface area contributed by atoms with Gasteiger partial charge < -0.3 is 15.4 Å². The maximum atomic E-state index is 12.1. The highest BCUT2D eigenvalue weighted by atomic mass is 35.5. The summed E-state index contributed by atoms with van der Waals surface area (Å²) in [5.41, 5.74) is 1.91. The zero-order chi connectivity index (χ0) is 15.8. The number of carbonyl (C=O) groups is 1. The minimum absolute atomic E-state index is 0. The molecule has 0 spiro atoms. The molecule has 1 heterocycles. The minimum atomic E-state index is 0. The monoisotopic (exact) mass is 358 g/mol. The summed E-state index contributed by atoms with van der Waals surface area (Å²) in [6.45, 7) is 5.88. The Morgan fingerprint density at radius 2 is 2.30 bits per heavy atom. The van der Waals surface area contributed by atoms with Crippen molar-refractivity contribution in [3.8, 4) is 5.75 Å². The summed E-state index contributed by atoms with van der Waals surface area (Å²) in [4.78, 5) is 12.1. The molecular formula is C17H27ClN2O2S. The lowest BCUT2D eigenvalue weighted by Crippen LogP contribution is -2.39. The SMILES string of the molecule is CCCCOc1ccc(NC(=O)CC2CSCCN2)c(C)c1.Cl. The van der Waals surface area contributed by atoms with Crippen LogP contribution in [0.5, 0.6) is 5.75 Å². The largest absolute Gasteiger partial charge is 0.494 e. The Bertz CT molecular complexity index is 493. The van der Waals surface area contributed by atoms with Gasteiger partial charge in [-0.3, -0.25) is 4.79 Å². The molecule has 0 radical (unpaired) electrons. The van der Waals surface area contributed by atoms with Crippen LogP contribution in [0.3, 0.4) is 0 Å². The molecule has 0 aliphatic carbocycles. The molecular weight excluding hydrogens is 332 g/mol. The first-order valence-corrected chi connectivity index (χ1v) is 9.19. The highest BCUT2D eigenvalue weighted by molar-refractivity contribution is 7.99. The van der Waals surface area contributed by atoms with Crippen LogP contribution in [0.15, 0.2) is 18.2 Å². The van der Waals surface area contributed by atoms with Crippen LogP contribution in [-0.4, -0.2) is 36.6 Å². The minimum Gasteiger partial charge on any atom is -0.494 e. The van der Waals surface area contributed by atoms with Gasteiger partial charge in [-0.05, 0) is 37.1 Å². The third kappa shape index (κ3) is 7.02. The van der Waals surface area contributed by atoms with Crippen LogP contribution < -0.4 is 15.4 Å². The van der Waals surface area contributed by atoms with E-state index in [1.807, 2.05) is 36.9 Å². The molecule has 0 aromatic heterocycles. The normalized spacial score (nSPS) is 17.2. The van der Waals surface area contributed by atoms with Crippen molar-refractivity contribution in [1.82, 2.24) is 5.32 Å². The van der Waals surface area contributed by atoms with Gasteiger partial charge in [-0.25, -0.2) is 0 Å². The molecule has 4 nitrogen and oxygen atoms in total. The van der Waals surface area contributed by atoms with Crippen molar-refractivity contribution >= 4 is 35.8 Å². The summed E-state index contributed by atoms with van der Waals surface area (Å²) in [5, 5.41) is 6.39. The lowest BCUT2D eigenvalue weighted by Gasteiger charge is -2.22. The van der Waals surface area contributed by atoms with Gasteiger partial charge in [-0.1, -0.05) is 13.3 Å². The first-order valence-electron chi connectivity index (χ1n) is 8.03. The molecule has 2 rings (SSSR count). The number of amides is 1. The lowest BCUT2D eigenvalue weighted by molar-refractivity contribution is -0.116. The average Bonchev–Trinajstić information content (AvgIpc) is 2.51. The molecule has 130 valence electrons. The van der Waals surface area contributed by atoms with E-state index in [1.165, 1.54) is 0 Å². The Labute approximate surface area is 149 Å². The second-order valence-corrected chi connectivity index (χ2v) is 6.81. The molecule has 6 heteroatoms. The fourth-order valence-corrected chi connectivity index (χ4v) is 3.33. The first kappa shape index (κ1) is 20.1. The van der Waals surface area contributed by atoms with Gasteiger partial charge >= 0.3 is 0 Å². The number of aryl methyl sites for hydroxylation is 1. The number of thioether (sulfide) groups is 1. The maximum absolute atomic E-state index is 12.1. The van der Waals surface area contributed by atoms with Crippen molar-refractivity contribution in [2.24, 2.45) is 0 Å². The van der Waals surface area contributed by atoms with E-state index in [9.17, 15) is 4.79 Å². The van der Waals surface area contributed by atoms with E-state index < -0.39 is 0 Å². The third-order valence-corrected chi connectivity index (χ3v) is 4.80. The average molecular weight is 359 g/mol. The zero-order valence-corrected chi connectivity index (χ0v) is 15.5. The standard InChI is InChI=1S/C17H26N2O2S.ClH/c1-3-4-8-21-15-5-6-16(13(2)10-15)19-17(20)11-14-12-22-9-7-18-14;/h5-6,10,14,18H,3-4,7-9,11-12H2,1-2H3,(H,19,20);1H. The number of ether oxygens (including phenoxy) is 1. The van der Waals surface area contributed by atoms with Crippen molar-refractivity contribution < 1.29 is 9.53 Å². The van der Waals surface area contributed by atoms with Gasteiger partial charge in [0, 0.05) is 36.2 Å². The van der Waals surface area contributed by atoms with E-state index in [0.717, 1.165) is 54.5 Å². The number of unbranched alkanes of at least 4 members (excludes halogenated alkanes) is 1. The molecule has 1 saturated heterocycles. The second-order valence-electron chi connectivity index (χ2n) is 5.66. The van der Waals surface area contributed by atoms with E-state index in [2.05, 4.69) is 17.6 Å². The van der Waals surface area contributed by atoms with Gasteiger partial charge in [0.25, 0.3) is 0 Å². The van der Waals surface area contributed by atoms with Crippen molar-refractivity contribution in [1.29, 1.82) is 0 Å². The number of hydrogen-bond donors (Lipinski definition) is 2. The third-order valence-electron chi connectivity index (χ3n) is 3.67. The number of rotatable bonds is 7. The van der Waals surface area contributed by atoms with Gasteiger partial charge in [-0.2, -0.15) is 11.8 Å². The van der Waals surface area contributed by atoms with Crippen LogP contribution in [0.4, 0.5) is 5.69 Å². The van der Waals surface area contributed by atoms with E-state index in [1.54, 1.807) is 0 Å². The number of carbonyl (C=O) groups excluding carboxylic acids is 1. The molecule has 1 aliphatic heterocycles. The summed E-state index contributed by atoms with van der Waals surface area (Å²) < 4.78 is 5.68. The van der Waals surface area contributed by atoms with E-state index in [4.69, 9.17) is 4.74 Å². The highest BCUT2D eigenvalue weighted by Gasteiger charge is 2.17. The molecule has 1 aromatic carbocycles. The summed E-state index contributed by atoms with van der Waals surface area (Å²) in [5.74, 6) is 3.09. The second kappa shape index (κ2) is 10.8. The van der Waals surface area contributed by atoms with Crippen LogP contribution in [0.2, 0.25) is 0 Å². The number of anilines is 1. The quantitative estimate of drug-likeness (QED) is 0.731. The van der Waals surface area contributed by atoms with Gasteiger partial charge in [0.15, 0.2) is 0 Å². The molecule has 1 aromatic rings. The van der Waals surface area contributed by atoms with E-state index >= 15 is 0 Å². The van der Waals surface area contributed by atoms with E-state index in [-0.39, 0.29) is 24.4 Å². The van der Waals surface area contributed by atoms with Crippen molar-refractivity contribution in [3.63, 3.8) is 0 Å². The number of benzene rings is 1. The fraction of sp³-hybridized carbons (Fsp3) is 0.588. The van der Waals surface area contributed by atoms with Crippen LogP contribution in [-0.2, 0) is 4.79 Å². The smallest absolute Gasteiger partial charge is 0.225 e. The van der Waals surface area contributed by atoms with Gasteiger partial charge in [-0.15, -0.1) is 12.4 Å². The molecule has 0 bridgehead atoms. The van der Waals surface area contributed by atoms with Crippen LogP contribution in [0.25, 0.3) is 0 Å². The summed E-state index contributed by atoms with van der Waals surface area (Å²) in [7, 11) is 0. The predicted molar refractivity (Wildman–Crippen MR) is 101 cm³/mol. The molecule has 23 heavy (non-hydrogen) atoms. The van der Waals surface area contributed by atoms with Crippen molar-refractivity contribution in [2.45, 2.75) is 39.2 Å². The Morgan fingerprint density at radius 1 is 1.48 bits per heavy atom. The Balaban J connectivity index is 0.00000264. The summed E-state index contributed by atoms with van der Waals surface area (Å²) >= 11 is 1.91. The van der Waals surface area contributed by atoms with Crippen molar-refractivity contribution in [2.75, 3.05) is 30.0 Å². The van der Waals surface area contributed by atoms with Crippen molar-refractivity contribution in [3.05, 3.63) is 23.8 Å². The molecule has 2 N–H and O–H groups in total. The predicted octanol–water partition coefficient (Wildman–Crippen LogP) is 3.63. The van der Waals surface area contributed by atoms with E-state index in [0.29, 0.717) is 6.42 Å². The van der Waals surface area contributed by atoms with Gasteiger partial charge in [0.2, 0.25) is 5.91 Å². The molecule has 1 atom stereocenters. The fourth-order valence-electron chi connectivity index (χ4n) is 2.38. The van der Waals surface area contributed by atoms with Gasteiger partial charge in [0.1, 0.15) is 5.75 Å².